The third-order valence-electron chi connectivity index (χ3n) is 4.48. The minimum absolute atomic E-state index is 0.0637. The first-order chi connectivity index (χ1) is 13.9. The highest BCUT2D eigenvalue weighted by Gasteiger charge is 2.20. The molecule has 1 aromatic heterocycles. The summed E-state index contributed by atoms with van der Waals surface area (Å²) in [4.78, 5) is 12.4. The molecule has 0 radical (unpaired) electrons. The Balaban J connectivity index is 1.70. The molecule has 2 aromatic carbocycles. The Kier molecular flexibility index (Phi) is 6.90. The number of benzene rings is 2. The summed E-state index contributed by atoms with van der Waals surface area (Å²) in [6.07, 6.45) is 0.417. The van der Waals surface area contributed by atoms with Gasteiger partial charge in [-0.2, -0.15) is 0 Å². The number of nitrogens with zero attached hydrogens (tertiary/aromatic N) is 1. The molecule has 29 heavy (non-hydrogen) atoms. The molecule has 3 aromatic rings. The molecule has 0 spiro atoms. The van der Waals surface area contributed by atoms with Crippen molar-refractivity contribution in [3.63, 3.8) is 0 Å². The van der Waals surface area contributed by atoms with Gasteiger partial charge in [-0.3, -0.25) is 4.79 Å². The lowest BCUT2D eigenvalue weighted by molar-refractivity contribution is 0.0880. The van der Waals surface area contributed by atoms with E-state index in [-0.39, 0.29) is 17.7 Å². The molecular weight excluding hydrogens is 392 g/mol. The number of aliphatic hydroxyl groups is 1. The van der Waals surface area contributed by atoms with E-state index in [1.165, 1.54) is 13.2 Å². The summed E-state index contributed by atoms with van der Waals surface area (Å²) in [6.45, 7) is 1.69. The first-order valence-corrected chi connectivity index (χ1v) is 9.67. The summed E-state index contributed by atoms with van der Waals surface area (Å²) < 4.78 is 9.92. The zero-order valence-electron chi connectivity index (χ0n) is 16.3. The molecule has 0 aliphatic rings. The molecular formula is C22H23ClN2O4. The van der Waals surface area contributed by atoms with Crippen LogP contribution in [0.3, 0.4) is 0 Å². The lowest BCUT2D eigenvalue weighted by Crippen LogP contribution is -2.38. The number of rotatable bonds is 8. The van der Waals surface area contributed by atoms with Gasteiger partial charge in [-0.25, -0.2) is 0 Å². The summed E-state index contributed by atoms with van der Waals surface area (Å²) in [5.74, 6) is -0.102. The molecule has 1 amide bonds. The smallest absolute Gasteiger partial charge is 0.290 e. The van der Waals surface area contributed by atoms with Gasteiger partial charge in [0.2, 0.25) is 5.76 Å². The highest BCUT2D eigenvalue weighted by Crippen LogP contribution is 2.23. The number of amides is 1. The molecule has 0 unspecified atom stereocenters. The van der Waals surface area contributed by atoms with E-state index < -0.39 is 12.0 Å². The summed E-state index contributed by atoms with van der Waals surface area (Å²) in [5.41, 5.74) is 3.13. The molecule has 152 valence electrons. The van der Waals surface area contributed by atoms with Crippen molar-refractivity contribution in [1.29, 1.82) is 0 Å². The number of hydrogen-bond acceptors (Lipinski definition) is 5. The second-order valence-electron chi connectivity index (χ2n) is 6.90. The van der Waals surface area contributed by atoms with Crippen LogP contribution in [0, 0.1) is 0 Å². The van der Waals surface area contributed by atoms with Gasteiger partial charge in [0.25, 0.3) is 11.8 Å². The normalized spacial score (nSPS) is 13.0. The Morgan fingerprint density at radius 2 is 1.97 bits per heavy atom. The maximum absolute atomic E-state index is 12.4. The minimum atomic E-state index is -0.560. The van der Waals surface area contributed by atoms with Gasteiger partial charge in [0, 0.05) is 11.1 Å². The van der Waals surface area contributed by atoms with Gasteiger partial charge >= 0.3 is 0 Å². The third-order valence-corrected chi connectivity index (χ3v) is 4.71. The van der Waals surface area contributed by atoms with Crippen LogP contribution < -0.4 is 10.1 Å². The predicted octanol–water partition coefficient (Wildman–Crippen LogP) is 4.12. The van der Waals surface area contributed by atoms with Crippen molar-refractivity contribution < 1.29 is 19.2 Å². The van der Waals surface area contributed by atoms with E-state index in [1.807, 2.05) is 48.5 Å². The standard InChI is InChI=1S/C22H23ClN2O4/c1-14(26)10-19(24-22(27)20-13-21(28-2)25-29-20)11-15-6-8-16(9-7-15)17-4-3-5-18(23)12-17/h3-9,12-14,19,26H,10-11H2,1-2H3,(H,24,27)/t14-,19+/m1/s1. The number of ether oxygens (including phenoxy) is 1. The van der Waals surface area contributed by atoms with Gasteiger partial charge in [0.1, 0.15) is 0 Å². The van der Waals surface area contributed by atoms with Crippen molar-refractivity contribution in [2.45, 2.75) is 31.9 Å². The highest BCUT2D eigenvalue weighted by molar-refractivity contribution is 6.30. The van der Waals surface area contributed by atoms with Crippen LogP contribution in [-0.2, 0) is 6.42 Å². The van der Waals surface area contributed by atoms with Crippen LogP contribution in [0.25, 0.3) is 11.1 Å². The van der Waals surface area contributed by atoms with Crippen LogP contribution in [0.15, 0.2) is 59.1 Å². The largest absolute Gasteiger partial charge is 0.479 e. The molecule has 0 fully saturated rings. The fourth-order valence-electron chi connectivity index (χ4n) is 3.11. The Labute approximate surface area is 174 Å². The SMILES string of the molecule is COc1cc(C(=O)N[C@H](Cc2ccc(-c3cccc(Cl)c3)cc2)C[C@@H](C)O)on1. The van der Waals surface area contributed by atoms with Crippen molar-refractivity contribution in [2.24, 2.45) is 0 Å². The number of carbonyl (C=O) groups excluding carboxylic acids is 1. The number of carbonyl (C=O) groups is 1. The average Bonchev–Trinajstić information content (AvgIpc) is 3.17. The van der Waals surface area contributed by atoms with E-state index in [9.17, 15) is 9.90 Å². The molecule has 3 rings (SSSR count). The van der Waals surface area contributed by atoms with E-state index in [2.05, 4.69) is 10.5 Å². The molecule has 2 atom stereocenters. The molecule has 0 saturated heterocycles. The Bertz CT molecular complexity index is 953. The number of halogens is 1. The number of hydrogen-bond donors (Lipinski definition) is 2. The van der Waals surface area contributed by atoms with Crippen molar-refractivity contribution in [2.75, 3.05) is 7.11 Å². The molecule has 0 saturated carbocycles. The van der Waals surface area contributed by atoms with Crippen molar-refractivity contribution >= 4 is 17.5 Å². The third kappa shape index (κ3) is 5.82. The zero-order chi connectivity index (χ0) is 20.8. The number of methoxy groups -OCH3 is 1. The highest BCUT2D eigenvalue weighted by atomic mass is 35.5. The quantitative estimate of drug-likeness (QED) is 0.579. The van der Waals surface area contributed by atoms with Crippen LogP contribution in [0.4, 0.5) is 0 Å². The van der Waals surface area contributed by atoms with E-state index in [4.69, 9.17) is 20.9 Å². The molecule has 0 aliphatic heterocycles. The number of aromatic nitrogens is 1. The van der Waals surface area contributed by atoms with Crippen molar-refractivity contribution in [3.8, 4) is 17.0 Å². The lowest BCUT2D eigenvalue weighted by Gasteiger charge is -2.20. The van der Waals surface area contributed by atoms with Gasteiger partial charge in [-0.05, 0) is 53.7 Å². The fraction of sp³-hybridized carbons (Fsp3) is 0.273. The summed E-state index contributed by atoms with van der Waals surface area (Å²) in [7, 11) is 1.45. The van der Waals surface area contributed by atoms with Crippen LogP contribution >= 0.6 is 11.6 Å². The average molecular weight is 415 g/mol. The first kappa shape index (κ1) is 20.9. The topological polar surface area (TPSA) is 84.6 Å². The van der Waals surface area contributed by atoms with Gasteiger partial charge in [0.15, 0.2) is 0 Å². The first-order valence-electron chi connectivity index (χ1n) is 9.29. The number of aliphatic hydroxyl groups excluding tert-OH is 1. The van der Waals surface area contributed by atoms with Crippen LogP contribution in [0.2, 0.25) is 5.02 Å². The van der Waals surface area contributed by atoms with E-state index in [0.29, 0.717) is 17.9 Å². The van der Waals surface area contributed by atoms with Gasteiger partial charge in [0.05, 0.1) is 19.3 Å². The summed E-state index contributed by atoms with van der Waals surface area (Å²) >= 11 is 6.07. The van der Waals surface area contributed by atoms with Crippen LogP contribution in [-0.4, -0.2) is 35.4 Å². The van der Waals surface area contributed by atoms with Gasteiger partial charge in [-0.15, -0.1) is 0 Å². The maximum atomic E-state index is 12.4. The van der Waals surface area contributed by atoms with Crippen molar-refractivity contribution in [1.82, 2.24) is 10.5 Å². The van der Waals surface area contributed by atoms with E-state index in [1.54, 1.807) is 6.92 Å². The minimum Gasteiger partial charge on any atom is -0.479 e. The van der Waals surface area contributed by atoms with Crippen molar-refractivity contribution in [3.05, 3.63) is 70.9 Å². The Morgan fingerprint density at radius 3 is 2.59 bits per heavy atom. The maximum Gasteiger partial charge on any atom is 0.290 e. The van der Waals surface area contributed by atoms with Gasteiger partial charge < -0.3 is 19.7 Å². The number of nitrogens with one attached hydrogen (secondary N) is 1. The van der Waals surface area contributed by atoms with Gasteiger partial charge in [-0.1, -0.05) is 48.0 Å². The zero-order valence-corrected chi connectivity index (χ0v) is 17.0. The second kappa shape index (κ2) is 9.58. The molecule has 1 heterocycles. The van der Waals surface area contributed by atoms with Crippen LogP contribution in [0.1, 0.15) is 29.5 Å². The fourth-order valence-corrected chi connectivity index (χ4v) is 3.30. The monoisotopic (exact) mass is 414 g/mol. The van der Waals surface area contributed by atoms with E-state index in [0.717, 1.165) is 16.7 Å². The molecule has 0 bridgehead atoms. The summed E-state index contributed by atoms with van der Waals surface area (Å²) in [6, 6.07) is 16.9. The molecule has 7 heteroatoms. The molecule has 2 N–H and O–H groups in total. The second-order valence-corrected chi connectivity index (χ2v) is 7.34. The van der Waals surface area contributed by atoms with Crippen LogP contribution in [0.5, 0.6) is 5.88 Å². The Morgan fingerprint density at radius 1 is 1.21 bits per heavy atom. The van der Waals surface area contributed by atoms with E-state index >= 15 is 0 Å². The Hall–Kier alpha value is -2.83. The molecule has 6 nitrogen and oxygen atoms in total. The molecule has 0 aliphatic carbocycles. The predicted molar refractivity (Wildman–Crippen MR) is 111 cm³/mol. The lowest BCUT2D eigenvalue weighted by atomic mass is 9.98. The summed E-state index contributed by atoms with van der Waals surface area (Å²) in [5, 5.41) is 17.1.